The number of hydrogen-bond donors (Lipinski definition) is 4. The van der Waals surface area contributed by atoms with Gasteiger partial charge in [-0.15, -0.1) is 0 Å². The van der Waals surface area contributed by atoms with Crippen molar-refractivity contribution < 1.29 is 34.8 Å². The summed E-state index contributed by atoms with van der Waals surface area (Å²) in [6.45, 7) is 16.6. The zero-order chi connectivity index (χ0) is 33.5. The summed E-state index contributed by atoms with van der Waals surface area (Å²) in [7, 11) is 0. The smallest absolute Gasteiger partial charge is 0.209 e. The van der Waals surface area contributed by atoms with Crippen LogP contribution in [0.4, 0.5) is 0 Å². The zero-order valence-corrected chi connectivity index (χ0v) is 27.8. The van der Waals surface area contributed by atoms with E-state index in [2.05, 4.69) is 13.8 Å². The van der Waals surface area contributed by atoms with Gasteiger partial charge in [0.2, 0.25) is 5.78 Å². The maximum absolute atomic E-state index is 14.6. The van der Waals surface area contributed by atoms with E-state index in [-0.39, 0.29) is 47.3 Å². The summed E-state index contributed by atoms with van der Waals surface area (Å²) in [5, 5.41) is 47.4. The third-order valence-corrected chi connectivity index (χ3v) is 10.6. The van der Waals surface area contributed by atoms with Crippen molar-refractivity contribution in [2.24, 2.45) is 28.6 Å². The first-order valence-electron chi connectivity index (χ1n) is 16.0. The minimum Gasteiger partial charge on any atom is -0.511 e. The molecule has 4 atom stereocenters. The van der Waals surface area contributed by atoms with Crippen molar-refractivity contribution in [2.45, 2.75) is 93.1 Å². The topological polar surface area (TPSA) is 132 Å². The molecule has 0 saturated heterocycles. The number of fused-ring (bicyclic) bond motifs is 3. The van der Waals surface area contributed by atoms with E-state index in [0.717, 1.165) is 30.0 Å². The first kappa shape index (κ1) is 32.7. The van der Waals surface area contributed by atoms with Crippen molar-refractivity contribution in [1.29, 1.82) is 0 Å². The summed E-state index contributed by atoms with van der Waals surface area (Å²) in [6.07, 6.45) is 1.24. The predicted octanol–water partition coefficient (Wildman–Crippen LogP) is 7.34. The number of benzene rings is 2. The van der Waals surface area contributed by atoms with E-state index in [1.807, 2.05) is 65.0 Å². The second-order valence-electron chi connectivity index (χ2n) is 15.1. The van der Waals surface area contributed by atoms with Crippen molar-refractivity contribution in [2.75, 3.05) is 0 Å². The molecule has 7 heteroatoms. The Hall–Kier alpha value is -3.71. The van der Waals surface area contributed by atoms with Gasteiger partial charge in [0.1, 0.15) is 22.8 Å². The Labute approximate surface area is 265 Å². The highest BCUT2D eigenvalue weighted by Gasteiger charge is 2.71. The van der Waals surface area contributed by atoms with E-state index >= 15 is 0 Å². The molecule has 7 nitrogen and oxygen atoms in total. The fourth-order valence-electron chi connectivity index (χ4n) is 8.85. The lowest BCUT2D eigenvalue weighted by atomic mass is 9.44. The lowest BCUT2D eigenvalue weighted by Gasteiger charge is -2.59. The lowest BCUT2D eigenvalue weighted by molar-refractivity contribution is -0.171. The second kappa shape index (κ2) is 10.7. The van der Waals surface area contributed by atoms with Crippen molar-refractivity contribution in [3.8, 4) is 16.9 Å². The van der Waals surface area contributed by atoms with Gasteiger partial charge >= 0.3 is 0 Å². The molecule has 3 aliphatic carbocycles. The zero-order valence-electron chi connectivity index (χ0n) is 27.8. The monoisotopic (exact) mass is 614 g/mol. The number of hydrogen-bond acceptors (Lipinski definition) is 7. The van der Waals surface area contributed by atoms with Gasteiger partial charge in [0.05, 0.1) is 5.56 Å². The third-order valence-electron chi connectivity index (χ3n) is 10.6. The summed E-state index contributed by atoms with van der Waals surface area (Å²) >= 11 is 0. The number of carbonyl (C=O) groups is 3. The van der Waals surface area contributed by atoms with Crippen molar-refractivity contribution in [3.63, 3.8) is 0 Å². The maximum Gasteiger partial charge on any atom is 0.209 e. The average Bonchev–Trinajstić information content (AvgIpc) is 2.90. The normalized spacial score (nSPS) is 28.2. The van der Waals surface area contributed by atoms with Crippen LogP contribution in [0.2, 0.25) is 0 Å². The van der Waals surface area contributed by atoms with Crippen LogP contribution < -0.4 is 0 Å². The maximum atomic E-state index is 14.6. The minimum atomic E-state index is -2.63. The molecule has 2 aromatic rings. The Balaban J connectivity index is 1.77. The highest BCUT2D eigenvalue weighted by atomic mass is 16.3. The van der Waals surface area contributed by atoms with Gasteiger partial charge in [0.15, 0.2) is 17.2 Å². The van der Waals surface area contributed by atoms with Gasteiger partial charge in [-0.05, 0) is 72.3 Å². The first-order chi connectivity index (χ1) is 20.8. The van der Waals surface area contributed by atoms with E-state index in [0.29, 0.717) is 17.0 Å². The average molecular weight is 615 g/mol. The highest BCUT2D eigenvalue weighted by Crippen LogP contribution is 2.65. The first-order valence-corrected chi connectivity index (χ1v) is 16.0. The fourth-order valence-corrected chi connectivity index (χ4v) is 8.85. The van der Waals surface area contributed by atoms with Crippen LogP contribution in [0, 0.1) is 28.6 Å². The van der Waals surface area contributed by atoms with Crippen LogP contribution in [0.3, 0.4) is 0 Å². The molecule has 0 aliphatic heterocycles. The lowest BCUT2D eigenvalue weighted by Crippen LogP contribution is -2.67. The molecular formula is C38H46O7. The van der Waals surface area contributed by atoms with E-state index in [9.17, 15) is 34.8 Å². The Kier molecular flexibility index (Phi) is 7.76. The molecule has 0 amide bonds. The Morgan fingerprint density at radius 1 is 0.978 bits per heavy atom. The van der Waals surface area contributed by atoms with Crippen LogP contribution in [-0.4, -0.2) is 43.4 Å². The van der Waals surface area contributed by atoms with Gasteiger partial charge in [-0.25, -0.2) is 0 Å². The molecule has 240 valence electrons. The molecule has 0 fully saturated rings. The van der Waals surface area contributed by atoms with Crippen LogP contribution in [0.5, 0.6) is 5.75 Å². The van der Waals surface area contributed by atoms with E-state index in [1.165, 1.54) is 0 Å². The fraction of sp³-hybridized carbons (Fsp3) is 0.500. The standard InChI is InChI=1S/C38H46O7/c1-18(2)14-22-10-12-23(13-11-22)25-15-24(19(3)4)26-16-36(8)17-37(9)29(20(5)6)32(41)27(21(7)39)34(43)38(37,45)35(44)30(36)33(42)28(26)31(25)40/h10-13,15,18-20,29,40-41,44-45H,14,16-17H2,1-9H3/t29?,36-,37-,38+/m1/s1. The number of ketones is 3. The quantitative estimate of drug-likeness (QED) is 0.250. The van der Waals surface area contributed by atoms with Crippen molar-refractivity contribution in [1.82, 2.24) is 0 Å². The molecule has 2 aromatic carbocycles. The molecule has 3 aliphatic rings. The third kappa shape index (κ3) is 4.52. The molecule has 0 saturated carbocycles. The summed E-state index contributed by atoms with van der Waals surface area (Å²) in [5.74, 6) is -4.58. The molecule has 1 unspecified atom stereocenters. The minimum absolute atomic E-state index is 0.00489. The SMILES string of the molecule is CC(=O)C1=C(O)C(C(C)C)[C@@]2(C)C[C@@]3(C)Cc4c(C(C)C)cc(-c5ccc(CC(C)C)cc5)c(O)c4C(=O)C3=C(O)[C@@]2(O)C1=O. The number of allylic oxidation sites excluding steroid dienone is 2. The summed E-state index contributed by atoms with van der Waals surface area (Å²) in [5.41, 5.74) is -1.79. The molecule has 0 bridgehead atoms. The summed E-state index contributed by atoms with van der Waals surface area (Å²) in [6, 6.07) is 9.84. The van der Waals surface area contributed by atoms with Gasteiger partial charge < -0.3 is 20.4 Å². The van der Waals surface area contributed by atoms with Crippen LogP contribution in [-0.2, 0) is 22.4 Å². The van der Waals surface area contributed by atoms with Gasteiger partial charge in [0.25, 0.3) is 0 Å². The largest absolute Gasteiger partial charge is 0.511 e. The number of Topliss-reactive ketones (excluding diaryl/α,β-unsaturated/α-hetero) is 3. The van der Waals surface area contributed by atoms with E-state index in [4.69, 9.17) is 0 Å². The summed E-state index contributed by atoms with van der Waals surface area (Å²) in [4.78, 5) is 41.2. The van der Waals surface area contributed by atoms with Gasteiger partial charge in [-0.1, -0.05) is 79.7 Å². The second-order valence-corrected chi connectivity index (χ2v) is 15.1. The molecule has 0 spiro atoms. The molecule has 5 rings (SSSR count). The number of carbonyl (C=O) groups excluding carboxylic acids is 3. The number of aliphatic hydroxyl groups is 3. The molecule has 0 radical (unpaired) electrons. The van der Waals surface area contributed by atoms with Gasteiger partial charge in [-0.3, -0.25) is 14.4 Å². The molecule has 4 N–H and O–H groups in total. The summed E-state index contributed by atoms with van der Waals surface area (Å²) < 4.78 is 0. The Morgan fingerprint density at radius 3 is 2.09 bits per heavy atom. The van der Waals surface area contributed by atoms with Crippen molar-refractivity contribution in [3.05, 3.63) is 75.3 Å². The van der Waals surface area contributed by atoms with Crippen LogP contribution >= 0.6 is 0 Å². The number of phenols is 1. The molecule has 45 heavy (non-hydrogen) atoms. The number of aromatic hydroxyl groups is 1. The van der Waals surface area contributed by atoms with Crippen LogP contribution in [0.25, 0.3) is 11.1 Å². The Bertz CT molecular complexity index is 1690. The van der Waals surface area contributed by atoms with Crippen LogP contribution in [0.15, 0.2) is 53.0 Å². The predicted molar refractivity (Wildman–Crippen MR) is 173 cm³/mol. The van der Waals surface area contributed by atoms with E-state index < -0.39 is 51.0 Å². The Morgan fingerprint density at radius 2 is 1.58 bits per heavy atom. The number of phenolic OH excluding ortho intramolecular Hbond substituents is 1. The molecule has 0 aromatic heterocycles. The van der Waals surface area contributed by atoms with Gasteiger partial charge in [0, 0.05) is 27.9 Å². The number of rotatable bonds is 6. The van der Waals surface area contributed by atoms with E-state index in [1.54, 1.807) is 6.92 Å². The highest BCUT2D eigenvalue weighted by molar-refractivity contribution is 6.25. The van der Waals surface area contributed by atoms with Crippen molar-refractivity contribution >= 4 is 17.3 Å². The molecular weight excluding hydrogens is 568 g/mol. The van der Waals surface area contributed by atoms with Crippen LogP contribution in [0.1, 0.15) is 102 Å². The number of aliphatic hydroxyl groups excluding tert-OH is 2. The molecule has 0 heterocycles. The van der Waals surface area contributed by atoms with Gasteiger partial charge in [-0.2, -0.15) is 0 Å².